The molecule has 4 N–H and O–H groups in total. The van der Waals surface area contributed by atoms with Gasteiger partial charge in [-0.05, 0) is 89.2 Å². The molecule has 33 heavy (non-hydrogen) atoms. The van der Waals surface area contributed by atoms with Crippen molar-refractivity contribution in [3.05, 3.63) is 39.3 Å². The van der Waals surface area contributed by atoms with Crippen molar-refractivity contribution in [2.45, 2.75) is 105 Å². The number of hydrogen-bond donors (Lipinski definition) is 4. The van der Waals surface area contributed by atoms with E-state index in [4.69, 9.17) is 0 Å². The Hall–Kier alpha value is -2.84. The molecule has 0 fully saturated rings. The molecule has 0 saturated carbocycles. The third-order valence-corrected chi connectivity index (χ3v) is 3.79. The fourth-order valence-corrected chi connectivity index (χ4v) is 2.74. The van der Waals surface area contributed by atoms with Crippen LogP contribution in [0.3, 0.4) is 0 Å². The molecule has 0 spiro atoms. The maximum atomic E-state index is 11.8. The Morgan fingerprint density at radius 3 is 1.64 bits per heavy atom. The van der Waals surface area contributed by atoms with Gasteiger partial charge in [0.2, 0.25) is 0 Å². The van der Waals surface area contributed by atoms with Crippen molar-refractivity contribution in [3.8, 4) is 0 Å². The smallest absolute Gasteiger partial charge is 0.349 e. The van der Waals surface area contributed by atoms with E-state index in [9.17, 15) is 9.59 Å². The SMILES string of the molecule is CC(C)(C)Nc1cc(NC(C)(C)C)[nH]c(=O)n1.CC(C)(C)Nc1ccn(C(C)(C)C)c(=O)n1. The number of hydrogen-bond acceptors (Lipinski definition) is 7. The summed E-state index contributed by atoms with van der Waals surface area (Å²) in [4.78, 5) is 33.8. The second-order valence-corrected chi connectivity index (χ2v) is 12.2. The Morgan fingerprint density at radius 2 is 1.21 bits per heavy atom. The molecular formula is C24H43N7O2. The lowest BCUT2D eigenvalue weighted by atomic mass is 10.1. The standard InChI is InChI=1S/C12H22N4O.C12H21N3O/c1-11(2,3)15-8-7-9(14-10(17)13-8)16-12(4,5)6;1-11(2,3)14-9-7-8-15(10(16)13-9)12(4,5)6/h7H,1-6H3,(H3,13,14,15,16,17);7-8H,1-6H3,(H,13,14,16). The van der Waals surface area contributed by atoms with Crippen LogP contribution in [0.1, 0.15) is 83.1 Å². The molecule has 0 aliphatic carbocycles. The zero-order valence-corrected chi connectivity index (χ0v) is 22.4. The monoisotopic (exact) mass is 461 g/mol. The number of nitrogens with zero attached hydrogens (tertiary/aromatic N) is 3. The van der Waals surface area contributed by atoms with Crippen LogP contribution in [0.25, 0.3) is 0 Å². The highest BCUT2D eigenvalue weighted by Crippen LogP contribution is 2.16. The molecule has 0 aromatic carbocycles. The fraction of sp³-hybridized carbons (Fsp3) is 0.667. The zero-order chi connectivity index (χ0) is 25.8. The number of rotatable bonds is 3. The molecule has 0 aliphatic heterocycles. The van der Waals surface area contributed by atoms with Crippen molar-refractivity contribution in [1.29, 1.82) is 0 Å². The Morgan fingerprint density at radius 1 is 0.727 bits per heavy atom. The van der Waals surface area contributed by atoms with Crippen molar-refractivity contribution < 1.29 is 0 Å². The maximum Gasteiger partial charge on any atom is 0.349 e. The van der Waals surface area contributed by atoms with Crippen molar-refractivity contribution in [2.24, 2.45) is 0 Å². The Bertz CT molecular complexity index is 990. The van der Waals surface area contributed by atoms with Crippen LogP contribution in [0.4, 0.5) is 17.5 Å². The van der Waals surface area contributed by atoms with E-state index in [-0.39, 0.29) is 33.5 Å². The molecule has 9 heteroatoms. The minimum Gasteiger partial charge on any atom is -0.367 e. The van der Waals surface area contributed by atoms with Gasteiger partial charge in [-0.2, -0.15) is 9.97 Å². The van der Waals surface area contributed by atoms with Gasteiger partial charge in [-0.3, -0.25) is 9.55 Å². The maximum absolute atomic E-state index is 11.8. The molecule has 0 radical (unpaired) electrons. The van der Waals surface area contributed by atoms with Crippen LogP contribution in [0.5, 0.6) is 0 Å². The predicted molar refractivity (Wildman–Crippen MR) is 138 cm³/mol. The number of nitrogens with one attached hydrogen (secondary N) is 4. The molecule has 0 bridgehead atoms. The molecule has 0 unspecified atom stereocenters. The van der Waals surface area contributed by atoms with E-state index in [1.807, 2.05) is 89.2 Å². The van der Waals surface area contributed by atoms with Crippen LogP contribution < -0.4 is 27.3 Å². The normalized spacial score (nSPS) is 12.5. The molecule has 0 atom stereocenters. The minimum atomic E-state index is -0.356. The van der Waals surface area contributed by atoms with Crippen LogP contribution in [-0.2, 0) is 5.54 Å². The highest BCUT2D eigenvalue weighted by molar-refractivity contribution is 5.48. The molecule has 9 nitrogen and oxygen atoms in total. The first kappa shape index (κ1) is 28.2. The topological polar surface area (TPSA) is 117 Å². The van der Waals surface area contributed by atoms with Crippen LogP contribution in [-0.4, -0.2) is 36.1 Å². The summed E-state index contributed by atoms with van der Waals surface area (Å²) in [6.45, 7) is 24.2. The molecular weight excluding hydrogens is 418 g/mol. The van der Waals surface area contributed by atoms with Gasteiger partial charge in [-0.15, -0.1) is 0 Å². The van der Waals surface area contributed by atoms with E-state index in [0.29, 0.717) is 17.5 Å². The van der Waals surface area contributed by atoms with E-state index in [1.165, 1.54) is 0 Å². The van der Waals surface area contributed by atoms with Gasteiger partial charge in [0.1, 0.15) is 17.5 Å². The Balaban J connectivity index is 0.000000331. The van der Waals surface area contributed by atoms with Gasteiger partial charge in [0.15, 0.2) is 0 Å². The van der Waals surface area contributed by atoms with E-state index in [1.54, 1.807) is 16.8 Å². The molecule has 186 valence electrons. The lowest BCUT2D eigenvalue weighted by Gasteiger charge is -2.24. The van der Waals surface area contributed by atoms with Gasteiger partial charge in [0.05, 0.1) is 0 Å². The first-order chi connectivity index (χ1) is 14.6. The van der Waals surface area contributed by atoms with Crippen LogP contribution >= 0.6 is 0 Å². The van der Waals surface area contributed by atoms with E-state index >= 15 is 0 Å². The van der Waals surface area contributed by atoms with E-state index in [0.717, 1.165) is 0 Å². The largest absolute Gasteiger partial charge is 0.367 e. The van der Waals surface area contributed by atoms with Crippen molar-refractivity contribution in [2.75, 3.05) is 16.0 Å². The zero-order valence-electron chi connectivity index (χ0n) is 22.4. The van der Waals surface area contributed by atoms with Gasteiger partial charge in [-0.25, -0.2) is 9.59 Å². The number of aromatic amines is 1. The number of aromatic nitrogens is 4. The highest BCUT2D eigenvalue weighted by atomic mass is 16.1. The summed E-state index contributed by atoms with van der Waals surface area (Å²) >= 11 is 0. The molecule has 2 rings (SSSR count). The van der Waals surface area contributed by atoms with Crippen molar-refractivity contribution >= 4 is 17.5 Å². The number of anilines is 3. The van der Waals surface area contributed by atoms with Gasteiger partial charge in [-0.1, -0.05) is 0 Å². The summed E-state index contributed by atoms with van der Waals surface area (Å²) < 4.78 is 1.63. The van der Waals surface area contributed by atoms with Crippen molar-refractivity contribution in [3.63, 3.8) is 0 Å². The lowest BCUT2D eigenvalue weighted by molar-refractivity contribution is 0.377. The Kier molecular flexibility index (Phi) is 8.52. The van der Waals surface area contributed by atoms with Crippen LogP contribution in [0.15, 0.2) is 27.9 Å². The fourth-order valence-electron chi connectivity index (χ4n) is 2.74. The summed E-state index contributed by atoms with van der Waals surface area (Å²) in [5.74, 6) is 1.87. The van der Waals surface area contributed by atoms with Crippen LogP contribution in [0.2, 0.25) is 0 Å². The number of H-pyrrole nitrogens is 1. The highest BCUT2D eigenvalue weighted by Gasteiger charge is 2.17. The first-order valence-electron chi connectivity index (χ1n) is 11.2. The second kappa shape index (κ2) is 9.97. The summed E-state index contributed by atoms with van der Waals surface area (Å²) in [7, 11) is 0. The lowest BCUT2D eigenvalue weighted by Crippen LogP contribution is -2.36. The van der Waals surface area contributed by atoms with Crippen LogP contribution in [0, 0.1) is 0 Å². The third-order valence-electron chi connectivity index (χ3n) is 3.79. The Labute approximate surface area is 197 Å². The molecule has 0 saturated heterocycles. The van der Waals surface area contributed by atoms with Gasteiger partial charge in [0, 0.05) is 34.4 Å². The summed E-state index contributed by atoms with van der Waals surface area (Å²) in [6.07, 6.45) is 1.78. The van der Waals surface area contributed by atoms with Gasteiger partial charge >= 0.3 is 11.4 Å². The quantitative estimate of drug-likeness (QED) is 0.535. The van der Waals surface area contributed by atoms with Crippen molar-refractivity contribution in [1.82, 2.24) is 19.5 Å². The van der Waals surface area contributed by atoms with Gasteiger partial charge < -0.3 is 16.0 Å². The van der Waals surface area contributed by atoms with E-state index in [2.05, 4.69) is 30.9 Å². The van der Waals surface area contributed by atoms with Gasteiger partial charge in [0.25, 0.3) is 0 Å². The average molecular weight is 462 g/mol. The van der Waals surface area contributed by atoms with E-state index < -0.39 is 0 Å². The predicted octanol–water partition coefficient (Wildman–Crippen LogP) is 4.40. The molecule has 0 amide bonds. The molecule has 2 aromatic heterocycles. The molecule has 0 aliphatic rings. The summed E-state index contributed by atoms with van der Waals surface area (Å²) in [5.41, 5.74) is -1.13. The molecule has 2 aromatic rings. The minimum absolute atomic E-state index is 0.0899. The second-order valence-electron chi connectivity index (χ2n) is 12.2. The molecule has 2 heterocycles. The summed E-state index contributed by atoms with van der Waals surface area (Å²) in [5, 5.41) is 9.57. The summed E-state index contributed by atoms with van der Waals surface area (Å²) in [6, 6.07) is 3.63. The first-order valence-corrected chi connectivity index (χ1v) is 11.2. The third kappa shape index (κ3) is 11.5. The average Bonchev–Trinajstić information content (AvgIpc) is 2.48.